The number of methoxy groups -OCH3 is 2. The average Bonchev–Trinajstić information content (AvgIpc) is 2.79. The zero-order valence-electron chi connectivity index (χ0n) is 14.0. The molecule has 1 heterocycles. The summed E-state index contributed by atoms with van der Waals surface area (Å²) in [5.41, 5.74) is 1.54. The second-order valence-electron chi connectivity index (χ2n) is 5.59. The number of nitrogens with zero attached hydrogens (tertiary/aromatic N) is 2. The predicted octanol–water partition coefficient (Wildman–Crippen LogP) is 2.18. The molecule has 1 fully saturated rings. The lowest BCUT2D eigenvalue weighted by Crippen LogP contribution is -2.35. The number of amides is 1. The van der Waals surface area contributed by atoms with Crippen LogP contribution in [0.5, 0.6) is 11.5 Å². The number of hydrogen-bond donors (Lipinski definition) is 0. The van der Waals surface area contributed by atoms with E-state index in [2.05, 4.69) is 11.8 Å². The van der Waals surface area contributed by atoms with E-state index in [0.29, 0.717) is 17.1 Å². The standard InChI is InChI=1S/C17H26N2O3/c1-5-18-7-6-8-19(10-9-18)17(20)14-11-15(21-3)13(2)16(12-14)22-4/h11-12H,5-10H2,1-4H3. The molecule has 1 aliphatic heterocycles. The molecule has 0 unspecified atom stereocenters. The summed E-state index contributed by atoms with van der Waals surface area (Å²) in [5, 5.41) is 0. The number of hydrogen-bond acceptors (Lipinski definition) is 4. The molecule has 0 N–H and O–H groups in total. The van der Waals surface area contributed by atoms with Gasteiger partial charge in [0.15, 0.2) is 0 Å². The fraction of sp³-hybridized carbons (Fsp3) is 0.588. The van der Waals surface area contributed by atoms with E-state index < -0.39 is 0 Å². The molecule has 5 heteroatoms. The van der Waals surface area contributed by atoms with Crippen LogP contribution in [0.25, 0.3) is 0 Å². The highest BCUT2D eigenvalue weighted by molar-refractivity contribution is 5.95. The Morgan fingerprint density at radius 3 is 2.27 bits per heavy atom. The van der Waals surface area contributed by atoms with Crippen LogP contribution >= 0.6 is 0 Å². The summed E-state index contributed by atoms with van der Waals surface area (Å²) in [4.78, 5) is 17.1. The maximum absolute atomic E-state index is 12.8. The van der Waals surface area contributed by atoms with Crippen molar-refractivity contribution in [2.24, 2.45) is 0 Å². The van der Waals surface area contributed by atoms with Crippen LogP contribution < -0.4 is 9.47 Å². The molecule has 122 valence electrons. The fourth-order valence-corrected chi connectivity index (χ4v) is 2.88. The van der Waals surface area contributed by atoms with Crippen LogP contribution in [-0.4, -0.2) is 62.7 Å². The molecule has 1 aromatic rings. The van der Waals surface area contributed by atoms with E-state index in [4.69, 9.17) is 9.47 Å². The van der Waals surface area contributed by atoms with Crippen LogP contribution in [0.1, 0.15) is 29.3 Å². The van der Waals surface area contributed by atoms with E-state index in [1.165, 1.54) is 0 Å². The van der Waals surface area contributed by atoms with Crippen molar-refractivity contribution >= 4 is 5.91 Å². The Hall–Kier alpha value is -1.75. The minimum atomic E-state index is 0.0505. The second-order valence-corrected chi connectivity index (χ2v) is 5.59. The molecular weight excluding hydrogens is 280 g/mol. The molecule has 5 nitrogen and oxygen atoms in total. The SMILES string of the molecule is CCN1CCCN(C(=O)c2cc(OC)c(C)c(OC)c2)CC1. The van der Waals surface area contributed by atoms with Crippen molar-refractivity contribution in [1.82, 2.24) is 9.80 Å². The van der Waals surface area contributed by atoms with E-state index in [1.54, 1.807) is 14.2 Å². The van der Waals surface area contributed by atoms with Crippen LogP contribution in [0.15, 0.2) is 12.1 Å². The van der Waals surface area contributed by atoms with Gasteiger partial charge in [0.2, 0.25) is 0 Å². The van der Waals surface area contributed by atoms with Crippen LogP contribution in [0.3, 0.4) is 0 Å². The number of rotatable bonds is 4. The van der Waals surface area contributed by atoms with Crippen molar-refractivity contribution in [2.45, 2.75) is 20.3 Å². The first-order chi connectivity index (χ1) is 10.6. The highest BCUT2D eigenvalue weighted by atomic mass is 16.5. The number of carbonyl (C=O) groups excluding carboxylic acids is 1. The van der Waals surface area contributed by atoms with E-state index in [1.807, 2.05) is 24.0 Å². The number of benzene rings is 1. The summed E-state index contributed by atoms with van der Waals surface area (Å²) in [6.07, 6.45) is 1.01. The van der Waals surface area contributed by atoms with Crippen LogP contribution in [0.2, 0.25) is 0 Å². The smallest absolute Gasteiger partial charge is 0.254 e. The number of ether oxygens (including phenoxy) is 2. The molecule has 0 atom stereocenters. The van der Waals surface area contributed by atoms with Gasteiger partial charge >= 0.3 is 0 Å². The van der Waals surface area contributed by atoms with Gasteiger partial charge in [0.05, 0.1) is 14.2 Å². The average molecular weight is 306 g/mol. The normalized spacial score (nSPS) is 16.3. The van der Waals surface area contributed by atoms with E-state index >= 15 is 0 Å². The molecule has 1 saturated heterocycles. The van der Waals surface area contributed by atoms with Gasteiger partial charge in [-0.1, -0.05) is 6.92 Å². The summed E-state index contributed by atoms with van der Waals surface area (Å²) in [7, 11) is 3.22. The van der Waals surface area contributed by atoms with Crippen LogP contribution in [0.4, 0.5) is 0 Å². The van der Waals surface area contributed by atoms with Gasteiger partial charge in [-0.3, -0.25) is 4.79 Å². The summed E-state index contributed by atoms with van der Waals surface area (Å²) in [6.45, 7) is 8.68. The van der Waals surface area contributed by atoms with E-state index in [-0.39, 0.29) is 5.91 Å². The van der Waals surface area contributed by atoms with Crippen molar-refractivity contribution in [3.05, 3.63) is 23.3 Å². The van der Waals surface area contributed by atoms with E-state index in [9.17, 15) is 4.79 Å². The maximum Gasteiger partial charge on any atom is 0.254 e. The minimum Gasteiger partial charge on any atom is -0.496 e. The van der Waals surface area contributed by atoms with Gasteiger partial charge in [0.1, 0.15) is 11.5 Å². The van der Waals surface area contributed by atoms with Crippen LogP contribution in [0, 0.1) is 6.92 Å². The molecule has 0 aromatic heterocycles. The number of carbonyl (C=O) groups is 1. The van der Waals surface area contributed by atoms with Crippen molar-refractivity contribution < 1.29 is 14.3 Å². The Morgan fingerprint density at radius 1 is 1.09 bits per heavy atom. The second kappa shape index (κ2) is 7.49. The molecule has 2 rings (SSSR count). The number of likely N-dealkylation sites (N-methyl/N-ethyl adjacent to an activating group) is 1. The first-order valence-electron chi connectivity index (χ1n) is 7.85. The highest BCUT2D eigenvalue weighted by Gasteiger charge is 2.21. The van der Waals surface area contributed by atoms with Crippen molar-refractivity contribution in [3.8, 4) is 11.5 Å². The predicted molar refractivity (Wildman–Crippen MR) is 86.9 cm³/mol. The van der Waals surface area contributed by atoms with Crippen molar-refractivity contribution in [3.63, 3.8) is 0 Å². The zero-order chi connectivity index (χ0) is 16.1. The lowest BCUT2D eigenvalue weighted by molar-refractivity contribution is 0.0761. The van der Waals surface area contributed by atoms with Gasteiger partial charge in [-0.15, -0.1) is 0 Å². The largest absolute Gasteiger partial charge is 0.496 e. The summed E-state index contributed by atoms with van der Waals surface area (Å²) in [6, 6.07) is 3.62. The highest BCUT2D eigenvalue weighted by Crippen LogP contribution is 2.30. The maximum atomic E-state index is 12.8. The Morgan fingerprint density at radius 2 is 1.73 bits per heavy atom. The van der Waals surface area contributed by atoms with Crippen molar-refractivity contribution in [2.75, 3.05) is 46.9 Å². The molecule has 22 heavy (non-hydrogen) atoms. The van der Waals surface area contributed by atoms with Crippen molar-refractivity contribution in [1.29, 1.82) is 0 Å². The Balaban J connectivity index is 2.21. The first-order valence-corrected chi connectivity index (χ1v) is 7.85. The third kappa shape index (κ3) is 3.53. The lowest BCUT2D eigenvalue weighted by Gasteiger charge is -2.22. The van der Waals surface area contributed by atoms with Gasteiger partial charge in [-0.05, 0) is 38.6 Å². The molecule has 0 aliphatic carbocycles. The molecule has 1 amide bonds. The first kappa shape index (κ1) is 16.6. The zero-order valence-corrected chi connectivity index (χ0v) is 14.0. The molecule has 0 bridgehead atoms. The van der Waals surface area contributed by atoms with Crippen LogP contribution in [-0.2, 0) is 0 Å². The van der Waals surface area contributed by atoms with Gasteiger partial charge < -0.3 is 19.3 Å². The Kier molecular flexibility index (Phi) is 5.66. The van der Waals surface area contributed by atoms with Gasteiger partial charge in [-0.2, -0.15) is 0 Å². The minimum absolute atomic E-state index is 0.0505. The summed E-state index contributed by atoms with van der Waals surface area (Å²) < 4.78 is 10.7. The molecular formula is C17H26N2O3. The molecule has 0 spiro atoms. The van der Waals surface area contributed by atoms with Gasteiger partial charge in [0, 0.05) is 30.8 Å². The molecule has 1 aliphatic rings. The summed E-state index contributed by atoms with van der Waals surface area (Å²) >= 11 is 0. The lowest BCUT2D eigenvalue weighted by atomic mass is 10.1. The third-order valence-electron chi connectivity index (χ3n) is 4.32. The van der Waals surface area contributed by atoms with Gasteiger partial charge in [-0.25, -0.2) is 0 Å². The topological polar surface area (TPSA) is 42.0 Å². The Bertz CT molecular complexity index is 506. The summed E-state index contributed by atoms with van der Waals surface area (Å²) in [5.74, 6) is 1.43. The van der Waals surface area contributed by atoms with E-state index in [0.717, 1.165) is 44.7 Å². The molecule has 0 saturated carbocycles. The fourth-order valence-electron chi connectivity index (χ4n) is 2.88. The molecule has 0 radical (unpaired) electrons. The Labute approximate surface area is 132 Å². The third-order valence-corrected chi connectivity index (χ3v) is 4.32. The molecule has 1 aromatic carbocycles. The quantitative estimate of drug-likeness (QED) is 0.855. The monoisotopic (exact) mass is 306 g/mol. The van der Waals surface area contributed by atoms with Gasteiger partial charge in [0.25, 0.3) is 5.91 Å².